The van der Waals surface area contributed by atoms with Gasteiger partial charge < -0.3 is 10.3 Å². The number of Topliss-reactive ketones (excluding diaryl/α,β-unsaturated/α-hetero) is 1. The lowest BCUT2D eigenvalue weighted by Crippen LogP contribution is -2.37. The fourth-order valence-electron chi connectivity index (χ4n) is 4.80. The molecule has 5 nitrogen and oxygen atoms in total. The summed E-state index contributed by atoms with van der Waals surface area (Å²) in [5, 5.41) is 6.07. The summed E-state index contributed by atoms with van der Waals surface area (Å²) < 4.78 is 0. The van der Waals surface area contributed by atoms with E-state index in [9.17, 15) is 9.59 Å². The normalized spacial score (nSPS) is 20.0. The van der Waals surface area contributed by atoms with Gasteiger partial charge in [0.15, 0.2) is 10.9 Å². The largest absolute Gasteiger partial charge is 0.343 e. The Morgan fingerprint density at radius 2 is 1.83 bits per heavy atom. The summed E-state index contributed by atoms with van der Waals surface area (Å²) in [6.45, 7) is 4.22. The SMILES string of the molecule is CSc1nc2c(c(=O)[nH]1)C(c1cccc3ccccc13)C1=C(CC(C)(C)CC1=O)N2. The highest BCUT2D eigenvalue weighted by atomic mass is 32.2. The van der Waals surface area contributed by atoms with E-state index in [2.05, 4.69) is 47.3 Å². The molecule has 30 heavy (non-hydrogen) atoms. The molecule has 0 saturated heterocycles. The Labute approximate surface area is 179 Å². The lowest BCUT2D eigenvalue weighted by atomic mass is 9.69. The molecule has 1 aliphatic heterocycles. The number of nitrogens with zero attached hydrogens (tertiary/aromatic N) is 1. The van der Waals surface area contributed by atoms with Crippen LogP contribution in [0.5, 0.6) is 0 Å². The van der Waals surface area contributed by atoms with Gasteiger partial charge in [0.25, 0.3) is 5.56 Å². The molecule has 2 aromatic carbocycles. The lowest BCUT2D eigenvalue weighted by molar-refractivity contribution is -0.118. The van der Waals surface area contributed by atoms with E-state index in [4.69, 9.17) is 0 Å². The van der Waals surface area contributed by atoms with E-state index < -0.39 is 5.92 Å². The van der Waals surface area contributed by atoms with Crippen molar-refractivity contribution in [3.05, 3.63) is 75.2 Å². The van der Waals surface area contributed by atoms with Crippen LogP contribution in [0.4, 0.5) is 5.82 Å². The van der Waals surface area contributed by atoms with Crippen molar-refractivity contribution in [2.75, 3.05) is 11.6 Å². The van der Waals surface area contributed by atoms with Gasteiger partial charge in [-0.3, -0.25) is 9.59 Å². The predicted octanol–water partition coefficient (Wildman–Crippen LogP) is 4.85. The summed E-state index contributed by atoms with van der Waals surface area (Å²) in [5.41, 5.74) is 2.78. The first-order chi connectivity index (χ1) is 14.4. The number of carbonyl (C=O) groups excluding carboxylic acids is 1. The molecule has 1 aliphatic carbocycles. The molecule has 0 saturated carbocycles. The monoisotopic (exact) mass is 417 g/mol. The van der Waals surface area contributed by atoms with E-state index in [1.165, 1.54) is 11.8 Å². The van der Waals surface area contributed by atoms with Crippen molar-refractivity contribution in [3.8, 4) is 0 Å². The molecule has 1 unspecified atom stereocenters. The highest BCUT2D eigenvalue weighted by Gasteiger charge is 2.42. The Kier molecular flexibility index (Phi) is 4.36. The zero-order valence-corrected chi connectivity index (χ0v) is 18.0. The van der Waals surface area contributed by atoms with E-state index in [0.29, 0.717) is 28.5 Å². The minimum Gasteiger partial charge on any atom is -0.343 e. The minimum atomic E-state index is -0.432. The maximum atomic E-state index is 13.4. The zero-order chi connectivity index (χ0) is 21.0. The van der Waals surface area contributed by atoms with Crippen molar-refractivity contribution in [1.29, 1.82) is 0 Å². The fraction of sp³-hybridized carbons (Fsp3) is 0.292. The first-order valence-corrected chi connectivity index (χ1v) is 11.3. The third-order valence-electron chi connectivity index (χ3n) is 6.03. The van der Waals surface area contributed by atoms with E-state index in [1.807, 2.05) is 30.5 Å². The van der Waals surface area contributed by atoms with Crippen molar-refractivity contribution in [3.63, 3.8) is 0 Å². The van der Waals surface area contributed by atoms with Gasteiger partial charge in [-0.1, -0.05) is 68.1 Å². The summed E-state index contributed by atoms with van der Waals surface area (Å²) in [5.74, 6) is 0.231. The smallest absolute Gasteiger partial charge is 0.257 e. The molecule has 152 valence electrons. The number of aromatic nitrogens is 2. The van der Waals surface area contributed by atoms with Gasteiger partial charge in [-0.05, 0) is 34.4 Å². The number of allylic oxidation sites excluding steroid dienone is 2. The number of rotatable bonds is 2. The van der Waals surface area contributed by atoms with Crippen LogP contribution in [0, 0.1) is 5.41 Å². The van der Waals surface area contributed by atoms with Crippen molar-refractivity contribution >= 4 is 34.1 Å². The van der Waals surface area contributed by atoms with Crippen molar-refractivity contribution in [2.24, 2.45) is 5.41 Å². The molecule has 6 heteroatoms. The predicted molar refractivity (Wildman–Crippen MR) is 121 cm³/mol. The number of nitrogens with one attached hydrogen (secondary N) is 2. The molecule has 2 heterocycles. The van der Waals surface area contributed by atoms with Gasteiger partial charge in [0.1, 0.15) is 5.82 Å². The summed E-state index contributed by atoms with van der Waals surface area (Å²) in [7, 11) is 0. The first-order valence-electron chi connectivity index (χ1n) is 10.1. The second kappa shape index (κ2) is 6.84. The average Bonchev–Trinajstić information content (AvgIpc) is 2.70. The third kappa shape index (κ3) is 2.98. The van der Waals surface area contributed by atoms with Gasteiger partial charge in [-0.15, -0.1) is 0 Å². The van der Waals surface area contributed by atoms with E-state index in [1.54, 1.807) is 0 Å². The Bertz CT molecular complexity index is 1280. The molecule has 2 N–H and O–H groups in total. The highest BCUT2D eigenvalue weighted by Crippen LogP contribution is 2.48. The lowest BCUT2D eigenvalue weighted by Gasteiger charge is -2.38. The minimum absolute atomic E-state index is 0.102. The molecule has 3 aromatic rings. The number of hydrogen-bond donors (Lipinski definition) is 2. The second-order valence-electron chi connectivity index (χ2n) is 8.80. The number of ketones is 1. The Hall–Kier alpha value is -2.86. The van der Waals surface area contributed by atoms with Gasteiger partial charge in [-0.2, -0.15) is 0 Å². The van der Waals surface area contributed by atoms with Crippen LogP contribution in [0.1, 0.15) is 43.7 Å². The molecule has 0 radical (unpaired) electrons. The van der Waals surface area contributed by atoms with E-state index >= 15 is 0 Å². The van der Waals surface area contributed by atoms with Gasteiger partial charge in [0, 0.05) is 23.6 Å². The number of thioether (sulfide) groups is 1. The standard InChI is InChI=1S/C24H23N3O2S/c1-24(2)11-16-19(17(28)12-24)18(15-10-6-8-13-7-4-5-9-14(13)15)20-21(25-16)26-23(30-3)27-22(20)29/h4-10,18H,11-12H2,1-3H3,(H2,25,26,27,29). The topological polar surface area (TPSA) is 74.8 Å². The van der Waals surface area contributed by atoms with Gasteiger partial charge in [0.2, 0.25) is 0 Å². The third-order valence-corrected chi connectivity index (χ3v) is 6.61. The molecular formula is C24H23N3O2S. The van der Waals surface area contributed by atoms with E-state index in [0.717, 1.165) is 28.5 Å². The Morgan fingerprint density at radius 1 is 1.07 bits per heavy atom. The van der Waals surface area contributed by atoms with Crippen molar-refractivity contribution in [2.45, 2.75) is 37.8 Å². The number of aromatic amines is 1. The molecule has 0 amide bonds. The zero-order valence-electron chi connectivity index (χ0n) is 17.2. The van der Waals surface area contributed by atoms with Crippen LogP contribution < -0.4 is 10.9 Å². The average molecular weight is 418 g/mol. The first kappa shape index (κ1) is 19.1. The maximum absolute atomic E-state index is 13.4. The molecule has 0 fully saturated rings. The highest BCUT2D eigenvalue weighted by molar-refractivity contribution is 7.98. The van der Waals surface area contributed by atoms with Crippen LogP contribution in [0.25, 0.3) is 10.8 Å². The Balaban J connectivity index is 1.84. The summed E-state index contributed by atoms with van der Waals surface area (Å²) in [6, 6.07) is 14.2. The second-order valence-corrected chi connectivity index (χ2v) is 9.59. The molecule has 5 rings (SSSR count). The maximum Gasteiger partial charge on any atom is 0.257 e. The molecular weight excluding hydrogens is 394 g/mol. The van der Waals surface area contributed by atoms with Gasteiger partial charge >= 0.3 is 0 Å². The summed E-state index contributed by atoms with van der Waals surface area (Å²) in [6.07, 6.45) is 3.10. The van der Waals surface area contributed by atoms with Crippen LogP contribution in [-0.2, 0) is 4.79 Å². The number of benzene rings is 2. The van der Waals surface area contributed by atoms with Crippen LogP contribution >= 0.6 is 11.8 Å². The Morgan fingerprint density at radius 3 is 2.63 bits per heavy atom. The molecule has 1 aromatic heterocycles. The number of anilines is 1. The number of hydrogen-bond acceptors (Lipinski definition) is 5. The van der Waals surface area contributed by atoms with Crippen molar-refractivity contribution < 1.29 is 4.79 Å². The molecule has 0 spiro atoms. The number of carbonyl (C=O) groups is 1. The van der Waals surface area contributed by atoms with Crippen LogP contribution in [0.2, 0.25) is 0 Å². The number of H-pyrrole nitrogens is 1. The molecule has 2 aliphatic rings. The van der Waals surface area contributed by atoms with Crippen LogP contribution in [0.15, 0.2) is 63.7 Å². The van der Waals surface area contributed by atoms with Crippen LogP contribution in [-0.4, -0.2) is 22.0 Å². The fourth-order valence-corrected chi connectivity index (χ4v) is 5.18. The summed E-state index contributed by atoms with van der Waals surface area (Å²) >= 11 is 1.40. The van der Waals surface area contributed by atoms with Crippen molar-refractivity contribution in [1.82, 2.24) is 9.97 Å². The molecule has 1 atom stereocenters. The number of fused-ring (bicyclic) bond motifs is 2. The summed E-state index contributed by atoms with van der Waals surface area (Å²) in [4.78, 5) is 34.1. The van der Waals surface area contributed by atoms with Crippen LogP contribution in [0.3, 0.4) is 0 Å². The molecule has 0 bridgehead atoms. The quantitative estimate of drug-likeness (QED) is 0.461. The van der Waals surface area contributed by atoms with E-state index in [-0.39, 0.29) is 16.8 Å². The van der Waals surface area contributed by atoms with Gasteiger partial charge in [0.05, 0.1) is 5.56 Å². The van der Waals surface area contributed by atoms with Gasteiger partial charge in [-0.25, -0.2) is 4.98 Å².